The Kier molecular flexibility index (Phi) is 4.38. The van der Waals surface area contributed by atoms with Gasteiger partial charge < -0.3 is 5.32 Å². The molecule has 0 aliphatic carbocycles. The van der Waals surface area contributed by atoms with Gasteiger partial charge in [0.1, 0.15) is 5.71 Å². The first-order valence-corrected chi connectivity index (χ1v) is 8.91. The summed E-state index contributed by atoms with van der Waals surface area (Å²) in [6.07, 6.45) is 0. The smallest absolute Gasteiger partial charge is 0.275 e. The van der Waals surface area contributed by atoms with E-state index in [1.807, 2.05) is 39.0 Å². The number of aryl methyl sites for hydroxylation is 2. The Balaban J connectivity index is 2.20. The second kappa shape index (κ2) is 6.04. The molecule has 1 amide bonds. The summed E-state index contributed by atoms with van der Waals surface area (Å²) in [4.78, 5) is 17.0. The molecule has 0 fully saturated rings. The molecule has 23 heavy (non-hydrogen) atoms. The lowest BCUT2D eigenvalue weighted by atomic mass is 10.1. The van der Waals surface area contributed by atoms with Gasteiger partial charge in [-0.3, -0.25) is 4.79 Å². The Labute approximate surface area is 156 Å². The molecule has 3 rings (SSSR count). The molecule has 0 aromatic heterocycles. The second-order valence-electron chi connectivity index (χ2n) is 5.52. The number of amides is 1. The summed E-state index contributed by atoms with van der Waals surface area (Å²) < 4.78 is 1.78. The summed E-state index contributed by atoms with van der Waals surface area (Å²) in [6.45, 7) is 5.85. The number of carbonyl (C=O) groups is 1. The van der Waals surface area contributed by atoms with Crippen LogP contribution in [0.2, 0.25) is 5.02 Å². The van der Waals surface area contributed by atoms with Crippen molar-refractivity contribution >= 4 is 66.5 Å². The van der Waals surface area contributed by atoms with E-state index in [9.17, 15) is 4.79 Å². The SMILES string of the molecule is Cc1cc(N=C2C(=O)Nc3c2cc(Br)c(Cl)c3C)c(C)cc1Br. The largest absolute Gasteiger partial charge is 0.320 e. The van der Waals surface area contributed by atoms with Gasteiger partial charge in [-0.2, -0.15) is 0 Å². The molecule has 0 saturated heterocycles. The first kappa shape index (κ1) is 16.7. The molecular formula is C17H13Br2ClN2O. The molecule has 1 aliphatic heterocycles. The standard InChI is InChI=1S/C17H13Br2ClN2O/c1-7-5-13(8(2)4-11(7)18)21-16-10-6-12(19)14(20)9(3)15(10)22-17(16)23/h4-6H,1-3H3,(H,21,22,23). The molecule has 0 unspecified atom stereocenters. The Bertz CT molecular complexity index is 891. The van der Waals surface area contributed by atoms with E-state index in [0.29, 0.717) is 10.7 Å². The number of nitrogens with zero attached hydrogens (tertiary/aromatic N) is 1. The fourth-order valence-electron chi connectivity index (χ4n) is 2.51. The third-order valence-corrected chi connectivity index (χ3v) is 6.07. The van der Waals surface area contributed by atoms with Gasteiger partial charge in [-0.15, -0.1) is 0 Å². The van der Waals surface area contributed by atoms with E-state index in [1.54, 1.807) is 0 Å². The number of aliphatic imine (C=N–C) groups is 1. The van der Waals surface area contributed by atoms with Gasteiger partial charge in [0.25, 0.3) is 5.91 Å². The minimum absolute atomic E-state index is 0.211. The van der Waals surface area contributed by atoms with Gasteiger partial charge in [0, 0.05) is 14.5 Å². The zero-order chi connectivity index (χ0) is 16.9. The number of hydrogen-bond acceptors (Lipinski definition) is 2. The van der Waals surface area contributed by atoms with E-state index in [1.165, 1.54) is 0 Å². The van der Waals surface area contributed by atoms with Crippen molar-refractivity contribution in [2.45, 2.75) is 20.8 Å². The van der Waals surface area contributed by atoms with E-state index < -0.39 is 0 Å². The van der Waals surface area contributed by atoms with Crippen LogP contribution in [0.25, 0.3) is 0 Å². The maximum Gasteiger partial charge on any atom is 0.275 e. The summed E-state index contributed by atoms with van der Waals surface area (Å²) in [5.74, 6) is -0.211. The predicted molar refractivity (Wildman–Crippen MR) is 102 cm³/mol. The number of carbonyl (C=O) groups excluding carboxylic acids is 1. The Morgan fingerprint density at radius 2 is 1.74 bits per heavy atom. The van der Waals surface area contributed by atoms with E-state index >= 15 is 0 Å². The van der Waals surface area contributed by atoms with Gasteiger partial charge in [-0.1, -0.05) is 27.5 Å². The van der Waals surface area contributed by atoms with Crippen LogP contribution in [0.5, 0.6) is 0 Å². The number of rotatable bonds is 1. The van der Waals surface area contributed by atoms with Crippen LogP contribution < -0.4 is 5.32 Å². The van der Waals surface area contributed by atoms with Crippen LogP contribution in [0, 0.1) is 20.8 Å². The number of hydrogen-bond donors (Lipinski definition) is 1. The molecule has 0 bridgehead atoms. The maximum absolute atomic E-state index is 12.4. The highest BCUT2D eigenvalue weighted by Crippen LogP contribution is 2.38. The highest BCUT2D eigenvalue weighted by molar-refractivity contribution is 9.10. The molecule has 2 aromatic carbocycles. The number of nitrogens with one attached hydrogen (secondary N) is 1. The summed E-state index contributed by atoms with van der Waals surface area (Å²) in [6, 6.07) is 5.81. The maximum atomic E-state index is 12.4. The van der Waals surface area contributed by atoms with Crippen molar-refractivity contribution in [1.82, 2.24) is 0 Å². The van der Waals surface area contributed by atoms with Crippen molar-refractivity contribution in [3.8, 4) is 0 Å². The van der Waals surface area contributed by atoms with Crippen LogP contribution in [-0.4, -0.2) is 11.6 Å². The van der Waals surface area contributed by atoms with Crippen LogP contribution in [0.15, 0.2) is 32.1 Å². The van der Waals surface area contributed by atoms with Crippen molar-refractivity contribution in [2.75, 3.05) is 5.32 Å². The highest BCUT2D eigenvalue weighted by atomic mass is 79.9. The lowest BCUT2D eigenvalue weighted by Gasteiger charge is -2.08. The van der Waals surface area contributed by atoms with Crippen LogP contribution >= 0.6 is 43.5 Å². The zero-order valence-electron chi connectivity index (χ0n) is 12.7. The quantitative estimate of drug-likeness (QED) is 0.574. The molecule has 1 heterocycles. The van der Waals surface area contributed by atoms with Crippen LogP contribution in [0.4, 0.5) is 11.4 Å². The van der Waals surface area contributed by atoms with E-state index in [4.69, 9.17) is 11.6 Å². The summed E-state index contributed by atoms with van der Waals surface area (Å²) in [5, 5.41) is 3.46. The molecule has 2 aromatic rings. The average Bonchev–Trinajstić information content (AvgIpc) is 2.79. The van der Waals surface area contributed by atoms with Gasteiger partial charge in [-0.05, 0) is 71.6 Å². The first-order chi connectivity index (χ1) is 10.8. The van der Waals surface area contributed by atoms with Crippen molar-refractivity contribution in [1.29, 1.82) is 0 Å². The number of halogens is 3. The Morgan fingerprint density at radius 1 is 1.04 bits per heavy atom. The van der Waals surface area contributed by atoms with Crippen molar-refractivity contribution in [3.05, 3.63) is 54.4 Å². The molecule has 118 valence electrons. The van der Waals surface area contributed by atoms with Gasteiger partial charge >= 0.3 is 0 Å². The summed E-state index contributed by atoms with van der Waals surface area (Å²) in [7, 11) is 0. The molecule has 0 spiro atoms. The number of benzene rings is 2. The van der Waals surface area contributed by atoms with E-state index in [0.717, 1.165) is 42.6 Å². The predicted octanol–water partition coefficient (Wildman–Crippen LogP) is 5.86. The average molecular weight is 457 g/mol. The monoisotopic (exact) mass is 454 g/mol. The summed E-state index contributed by atoms with van der Waals surface area (Å²) >= 11 is 13.2. The van der Waals surface area contributed by atoms with Crippen molar-refractivity contribution in [3.63, 3.8) is 0 Å². The topological polar surface area (TPSA) is 41.5 Å². The third kappa shape index (κ3) is 2.86. The Morgan fingerprint density at radius 3 is 2.43 bits per heavy atom. The van der Waals surface area contributed by atoms with Gasteiger partial charge in [0.05, 0.1) is 16.4 Å². The van der Waals surface area contributed by atoms with Crippen LogP contribution in [0.1, 0.15) is 22.3 Å². The third-order valence-electron chi connectivity index (χ3n) is 3.87. The molecule has 1 N–H and O–H groups in total. The lowest BCUT2D eigenvalue weighted by molar-refractivity contribution is -0.110. The second-order valence-corrected chi connectivity index (χ2v) is 7.61. The lowest BCUT2D eigenvalue weighted by Crippen LogP contribution is -2.14. The fraction of sp³-hybridized carbons (Fsp3) is 0.176. The molecular weight excluding hydrogens is 443 g/mol. The van der Waals surface area contributed by atoms with Crippen molar-refractivity contribution in [2.24, 2.45) is 4.99 Å². The highest BCUT2D eigenvalue weighted by Gasteiger charge is 2.29. The van der Waals surface area contributed by atoms with Crippen LogP contribution in [-0.2, 0) is 4.79 Å². The molecule has 3 nitrogen and oxygen atoms in total. The molecule has 0 saturated carbocycles. The summed E-state index contributed by atoms with van der Waals surface area (Å²) in [5.41, 5.74) is 5.59. The van der Waals surface area contributed by atoms with Crippen LogP contribution in [0.3, 0.4) is 0 Å². The van der Waals surface area contributed by atoms with Crippen molar-refractivity contribution < 1.29 is 4.79 Å². The molecule has 0 radical (unpaired) electrons. The number of anilines is 1. The fourth-order valence-corrected chi connectivity index (χ4v) is 3.65. The molecule has 6 heteroatoms. The minimum atomic E-state index is -0.211. The van der Waals surface area contributed by atoms with Gasteiger partial charge in [0.15, 0.2) is 0 Å². The number of fused-ring (bicyclic) bond motifs is 1. The van der Waals surface area contributed by atoms with E-state index in [2.05, 4.69) is 42.2 Å². The van der Waals surface area contributed by atoms with E-state index in [-0.39, 0.29) is 5.91 Å². The minimum Gasteiger partial charge on any atom is -0.320 e. The normalized spacial score (nSPS) is 15.0. The van der Waals surface area contributed by atoms with Gasteiger partial charge in [-0.25, -0.2) is 4.99 Å². The Hall–Kier alpha value is -1.17. The molecule has 0 atom stereocenters. The first-order valence-electron chi connectivity index (χ1n) is 6.95. The van der Waals surface area contributed by atoms with Gasteiger partial charge in [0.2, 0.25) is 0 Å². The molecule has 1 aliphatic rings. The zero-order valence-corrected chi connectivity index (χ0v) is 16.6.